The van der Waals surface area contributed by atoms with Gasteiger partial charge in [-0.05, 0) is 25.5 Å². The van der Waals surface area contributed by atoms with Gasteiger partial charge >= 0.3 is 0 Å². The first kappa shape index (κ1) is 17.0. The highest BCUT2D eigenvalue weighted by Gasteiger charge is 2.41. The van der Waals surface area contributed by atoms with Crippen LogP contribution < -0.4 is 4.74 Å². The molecule has 0 aromatic carbocycles. The van der Waals surface area contributed by atoms with E-state index in [0.29, 0.717) is 31.3 Å². The Balaban J connectivity index is 1.30. The van der Waals surface area contributed by atoms with Crippen LogP contribution in [0.5, 0.6) is 5.75 Å². The first-order valence-electron chi connectivity index (χ1n) is 9.01. The number of amides is 1. The van der Waals surface area contributed by atoms with Gasteiger partial charge in [-0.1, -0.05) is 5.16 Å². The van der Waals surface area contributed by atoms with E-state index in [1.807, 2.05) is 24.1 Å². The molecule has 0 spiro atoms. The summed E-state index contributed by atoms with van der Waals surface area (Å²) in [7, 11) is 0. The van der Waals surface area contributed by atoms with Gasteiger partial charge in [0, 0.05) is 38.8 Å². The molecule has 8 heteroatoms. The van der Waals surface area contributed by atoms with Crippen molar-refractivity contribution in [1.29, 1.82) is 0 Å². The molecule has 2 saturated heterocycles. The lowest BCUT2D eigenvalue weighted by Crippen LogP contribution is -2.59. The quantitative estimate of drug-likeness (QED) is 0.772. The number of ether oxygens (including phenoxy) is 1. The maximum absolute atomic E-state index is 12.4. The van der Waals surface area contributed by atoms with Crippen LogP contribution in [-0.4, -0.2) is 63.1 Å². The molecule has 1 unspecified atom stereocenters. The summed E-state index contributed by atoms with van der Waals surface area (Å²) in [6.45, 7) is 7.62. The molecule has 4 rings (SSSR count). The topological polar surface area (TPSA) is 84.6 Å². The minimum atomic E-state index is 0.0184. The van der Waals surface area contributed by atoms with Crippen LogP contribution >= 0.6 is 0 Å². The summed E-state index contributed by atoms with van der Waals surface area (Å²) in [5.41, 5.74) is 1.13. The highest BCUT2D eigenvalue weighted by atomic mass is 16.5. The average Bonchev–Trinajstić information content (AvgIpc) is 3.17. The van der Waals surface area contributed by atoms with Gasteiger partial charge in [-0.15, -0.1) is 0 Å². The van der Waals surface area contributed by atoms with Crippen molar-refractivity contribution in [3.63, 3.8) is 0 Å². The number of carbonyl (C=O) groups excluding carboxylic acids is 1. The van der Waals surface area contributed by atoms with Crippen LogP contribution in [0.15, 0.2) is 23.0 Å². The van der Waals surface area contributed by atoms with Crippen molar-refractivity contribution in [1.82, 2.24) is 24.9 Å². The lowest BCUT2D eigenvalue weighted by Gasteiger charge is -2.44. The van der Waals surface area contributed by atoms with E-state index < -0.39 is 0 Å². The zero-order valence-corrected chi connectivity index (χ0v) is 15.1. The number of rotatable bonds is 6. The smallest absolute Gasteiger partial charge is 0.232 e. The molecular formula is C18H23N5O3. The highest BCUT2D eigenvalue weighted by molar-refractivity contribution is 5.80. The fraction of sp³-hybridized carbons (Fsp3) is 0.556. The van der Waals surface area contributed by atoms with Crippen molar-refractivity contribution in [2.45, 2.75) is 38.8 Å². The fourth-order valence-electron chi connectivity index (χ4n) is 3.65. The number of pyridine rings is 1. The van der Waals surface area contributed by atoms with Crippen molar-refractivity contribution in [3.05, 3.63) is 35.7 Å². The molecule has 26 heavy (non-hydrogen) atoms. The van der Waals surface area contributed by atoms with E-state index in [1.54, 1.807) is 13.1 Å². The van der Waals surface area contributed by atoms with Crippen LogP contribution in [-0.2, 0) is 11.3 Å². The predicted molar refractivity (Wildman–Crippen MR) is 92.6 cm³/mol. The molecule has 2 fully saturated rings. The summed E-state index contributed by atoms with van der Waals surface area (Å²) in [6.07, 6.45) is 4.05. The molecule has 1 amide bonds. The Labute approximate surface area is 152 Å². The number of nitrogens with zero attached hydrogens (tertiary/aromatic N) is 5. The molecule has 0 saturated carbocycles. The minimum absolute atomic E-state index is 0.0184. The average molecular weight is 357 g/mol. The first-order chi connectivity index (χ1) is 12.6. The molecule has 2 aromatic rings. The van der Waals surface area contributed by atoms with Crippen LogP contribution in [0.4, 0.5) is 0 Å². The molecule has 2 aromatic heterocycles. The van der Waals surface area contributed by atoms with E-state index in [0.717, 1.165) is 30.9 Å². The molecule has 4 heterocycles. The van der Waals surface area contributed by atoms with Crippen LogP contribution in [0, 0.1) is 6.92 Å². The second-order valence-electron chi connectivity index (χ2n) is 6.94. The Kier molecular flexibility index (Phi) is 4.58. The van der Waals surface area contributed by atoms with Crippen LogP contribution in [0.3, 0.4) is 0 Å². The molecule has 2 aliphatic heterocycles. The normalized spacial score (nSPS) is 21.2. The molecule has 0 aliphatic carbocycles. The van der Waals surface area contributed by atoms with Crippen molar-refractivity contribution in [2.75, 3.05) is 26.2 Å². The summed E-state index contributed by atoms with van der Waals surface area (Å²) in [6, 6.07) is 2.29. The summed E-state index contributed by atoms with van der Waals surface area (Å²) in [5.74, 6) is 2.19. The number of hydrogen-bond donors (Lipinski definition) is 0. The van der Waals surface area contributed by atoms with E-state index in [4.69, 9.17) is 9.26 Å². The highest BCUT2D eigenvalue weighted by Crippen LogP contribution is 2.31. The van der Waals surface area contributed by atoms with Crippen LogP contribution in [0.1, 0.15) is 36.5 Å². The fourth-order valence-corrected chi connectivity index (χ4v) is 3.65. The van der Waals surface area contributed by atoms with Gasteiger partial charge in [-0.25, -0.2) is 0 Å². The zero-order chi connectivity index (χ0) is 18.1. The maximum Gasteiger partial charge on any atom is 0.232 e. The van der Waals surface area contributed by atoms with E-state index in [-0.39, 0.29) is 17.9 Å². The van der Waals surface area contributed by atoms with Gasteiger partial charge in [0.1, 0.15) is 5.75 Å². The second-order valence-corrected chi connectivity index (χ2v) is 6.94. The molecule has 138 valence electrons. The van der Waals surface area contributed by atoms with Crippen molar-refractivity contribution in [3.8, 4) is 5.75 Å². The van der Waals surface area contributed by atoms with Gasteiger partial charge in [0.15, 0.2) is 5.82 Å². The molecule has 0 bridgehead atoms. The molecular weight excluding hydrogens is 334 g/mol. The van der Waals surface area contributed by atoms with Gasteiger partial charge in [-0.2, -0.15) is 4.98 Å². The van der Waals surface area contributed by atoms with Crippen molar-refractivity contribution >= 4 is 5.91 Å². The Morgan fingerprint density at radius 2 is 2.15 bits per heavy atom. The largest absolute Gasteiger partial charge is 0.492 e. The van der Waals surface area contributed by atoms with Gasteiger partial charge < -0.3 is 14.2 Å². The van der Waals surface area contributed by atoms with E-state index in [9.17, 15) is 4.79 Å². The number of aromatic nitrogens is 3. The third-order valence-corrected chi connectivity index (χ3v) is 4.92. The van der Waals surface area contributed by atoms with Crippen molar-refractivity contribution in [2.24, 2.45) is 0 Å². The van der Waals surface area contributed by atoms with E-state index in [2.05, 4.69) is 20.0 Å². The lowest BCUT2D eigenvalue weighted by molar-refractivity contribution is -0.133. The van der Waals surface area contributed by atoms with E-state index in [1.165, 1.54) is 0 Å². The minimum Gasteiger partial charge on any atom is -0.492 e. The molecule has 2 aliphatic rings. The molecule has 0 radical (unpaired) electrons. The summed E-state index contributed by atoms with van der Waals surface area (Å²) in [5, 5.41) is 3.83. The SMILES string of the molecule is CCOc1cncc(CN2CC(N3CC(c4nc(C)no4)CC3=O)C2)c1. The second kappa shape index (κ2) is 7.03. The van der Waals surface area contributed by atoms with Crippen LogP contribution in [0.25, 0.3) is 0 Å². The third kappa shape index (κ3) is 3.41. The Morgan fingerprint density at radius 1 is 1.31 bits per heavy atom. The standard InChI is InChI=1S/C18H23N5O3/c1-3-25-16-4-13(6-19-7-16)8-22-10-15(11-22)23-9-14(5-17(23)24)18-20-12(2)21-26-18/h4,6-7,14-15H,3,5,8-11H2,1-2H3. The van der Waals surface area contributed by atoms with Crippen molar-refractivity contribution < 1.29 is 14.1 Å². The van der Waals surface area contributed by atoms with Gasteiger partial charge in [0.2, 0.25) is 11.8 Å². The lowest BCUT2D eigenvalue weighted by atomic mass is 10.1. The predicted octanol–water partition coefficient (Wildman–Crippen LogP) is 1.37. The maximum atomic E-state index is 12.4. The zero-order valence-electron chi connectivity index (χ0n) is 15.1. The summed E-state index contributed by atoms with van der Waals surface area (Å²) >= 11 is 0. The molecule has 1 atom stereocenters. The Morgan fingerprint density at radius 3 is 2.88 bits per heavy atom. The van der Waals surface area contributed by atoms with Gasteiger partial charge in [0.05, 0.1) is 24.8 Å². The Bertz CT molecular complexity index is 787. The summed E-state index contributed by atoms with van der Waals surface area (Å²) < 4.78 is 10.7. The van der Waals surface area contributed by atoms with Gasteiger partial charge in [-0.3, -0.25) is 14.7 Å². The Hall–Kier alpha value is -2.48. The first-order valence-corrected chi connectivity index (χ1v) is 9.01. The van der Waals surface area contributed by atoms with Gasteiger partial charge in [0.25, 0.3) is 0 Å². The third-order valence-electron chi connectivity index (χ3n) is 4.92. The monoisotopic (exact) mass is 357 g/mol. The van der Waals surface area contributed by atoms with E-state index >= 15 is 0 Å². The van der Waals surface area contributed by atoms with Crippen LogP contribution in [0.2, 0.25) is 0 Å². The summed E-state index contributed by atoms with van der Waals surface area (Å²) in [4.78, 5) is 25.2. The number of hydrogen-bond acceptors (Lipinski definition) is 7. The molecule has 8 nitrogen and oxygen atoms in total. The number of carbonyl (C=O) groups is 1. The number of aryl methyl sites for hydroxylation is 1. The molecule has 0 N–H and O–H groups in total. The number of likely N-dealkylation sites (tertiary alicyclic amines) is 2.